The van der Waals surface area contributed by atoms with Crippen LogP contribution in [0.25, 0.3) is 0 Å². The number of anilines is 1. The topological polar surface area (TPSA) is 53.4 Å². The van der Waals surface area contributed by atoms with Gasteiger partial charge in [0.15, 0.2) is 0 Å². The van der Waals surface area contributed by atoms with Gasteiger partial charge >= 0.3 is 6.09 Å². The highest BCUT2D eigenvalue weighted by atomic mass is 79.9. The molecule has 1 N–H and O–H groups in total. The van der Waals surface area contributed by atoms with Crippen LogP contribution >= 0.6 is 15.9 Å². The molecule has 0 unspecified atom stereocenters. The molecule has 0 saturated carbocycles. The molecule has 0 aliphatic heterocycles. The number of pyridine rings is 1. The molecule has 1 aromatic rings. The highest BCUT2D eigenvalue weighted by Gasteiger charge is 2.16. The zero-order chi connectivity index (χ0) is 12.1. The molecule has 0 fully saturated rings. The standard InChI is InChI=1S/C11H15BrN2O2/c1-8(2)7-14(11(15)16)10-4-3-9(5-12)6-13-10/h3-4,6,8H,5,7H2,1-2H3,(H,15,16). The number of carbonyl (C=O) groups is 1. The number of aromatic nitrogens is 1. The molecular formula is C11H15BrN2O2. The predicted molar refractivity (Wildman–Crippen MR) is 67.1 cm³/mol. The average Bonchev–Trinajstić information content (AvgIpc) is 2.25. The second-order valence-electron chi connectivity index (χ2n) is 3.95. The van der Waals surface area contributed by atoms with Crippen LogP contribution in [0.1, 0.15) is 19.4 Å². The zero-order valence-corrected chi connectivity index (χ0v) is 10.9. The summed E-state index contributed by atoms with van der Waals surface area (Å²) in [5.41, 5.74) is 1.03. The molecule has 0 aromatic carbocycles. The lowest BCUT2D eigenvalue weighted by Gasteiger charge is -2.20. The summed E-state index contributed by atoms with van der Waals surface area (Å²) in [5, 5.41) is 9.80. The molecule has 0 bridgehead atoms. The van der Waals surface area contributed by atoms with Crippen LogP contribution in [0, 0.1) is 5.92 Å². The van der Waals surface area contributed by atoms with Crippen molar-refractivity contribution in [1.29, 1.82) is 0 Å². The van der Waals surface area contributed by atoms with Crippen molar-refractivity contribution in [3.63, 3.8) is 0 Å². The maximum atomic E-state index is 11.1. The molecule has 4 nitrogen and oxygen atoms in total. The van der Waals surface area contributed by atoms with Gasteiger partial charge in [-0.05, 0) is 17.5 Å². The third kappa shape index (κ3) is 3.48. The van der Waals surface area contributed by atoms with Crippen LogP contribution in [0.5, 0.6) is 0 Å². The van der Waals surface area contributed by atoms with Crippen molar-refractivity contribution in [2.45, 2.75) is 19.2 Å². The van der Waals surface area contributed by atoms with Gasteiger partial charge < -0.3 is 5.11 Å². The molecule has 1 heterocycles. The highest BCUT2D eigenvalue weighted by molar-refractivity contribution is 9.08. The van der Waals surface area contributed by atoms with E-state index in [9.17, 15) is 4.79 Å². The summed E-state index contributed by atoms with van der Waals surface area (Å²) in [5.74, 6) is 0.750. The molecule has 1 rings (SSSR count). The van der Waals surface area contributed by atoms with Crippen LogP contribution in [0.3, 0.4) is 0 Å². The molecule has 0 saturated heterocycles. The minimum atomic E-state index is -0.965. The van der Waals surface area contributed by atoms with Crippen molar-refractivity contribution < 1.29 is 9.90 Å². The fourth-order valence-electron chi connectivity index (χ4n) is 1.29. The molecule has 0 radical (unpaired) electrons. The minimum absolute atomic E-state index is 0.272. The normalized spacial score (nSPS) is 10.5. The number of carboxylic acid groups (broad SMARTS) is 1. The Kier molecular flexibility index (Phi) is 4.73. The predicted octanol–water partition coefficient (Wildman–Crippen LogP) is 3.12. The number of hydrogen-bond donors (Lipinski definition) is 1. The molecule has 88 valence electrons. The smallest absolute Gasteiger partial charge is 0.413 e. The Balaban J connectivity index is 2.88. The minimum Gasteiger partial charge on any atom is -0.465 e. The van der Waals surface area contributed by atoms with Crippen LogP contribution in [0.15, 0.2) is 18.3 Å². The molecule has 16 heavy (non-hydrogen) atoms. The van der Waals surface area contributed by atoms with Gasteiger partial charge in [-0.25, -0.2) is 9.78 Å². The second kappa shape index (κ2) is 5.84. The summed E-state index contributed by atoms with van der Waals surface area (Å²) in [6.45, 7) is 4.40. The lowest BCUT2D eigenvalue weighted by Crippen LogP contribution is -2.33. The first-order valence-corrected chi connectivity index (χ1v) is 6.18. The van der Waals surface area contributed by atoms with Crippen molar-refractivity contribution in [2.24, 2.45) is 5.92 Å². The van der Waals surface area contributed by atoms with Crippen molar-refractivity contribution in [3.8, 4) is 0 Å². The first kappa shape index (κ1) is 13.0. The van der Waals surface area contributed by atoms with Gasteiger partial charge in [-0.2, -0.15) is 0 Å². The molecule has 0 aliphatic carbocycles. The first-order valence-electron chi connectivity index (χ1n) is 5.06. The Morgan fingerprint density at radius 1 is 1.56 bits per heavy atom. The number of amides is 1. The Hall–Kier alpha value is -1.10. The highest BCUT2D eigenvalue weighted by Crippen LogP contribution is 2.14. The monoisotopic (exact) mass is 286 g/mol. The largest absolute Gasteiger partial charge is 0.465 e. The van der Waals surface area contributed by atoms with E-state index >= 15 is 0 Å². The Morgan fingerprint density at radius 2 is 2.25 bits per heavy atom. The van der Waals surface area contributed by atoms with Crippen LogP contribution in [0.2, 0.25) is 0 Å². The van der Waals surface area contributed by atoms with Crippen molar-refractivity contribution >= 4 is 27.8 Å². The van der Waals surface area contributed by atoms with E-state index in [1.54, 1.807) is 12.3 Å². The van der Waals surface area contributed by atoms with Crippen molar-refractivity contribution in [2.75, 3.05) is 11.4 Å². The molecule has 0 aliphatic rings. The van der Waals surface area contributed by atoms with E-state index in [2.05, 4.69) is 20.9 Å². The van der Waals surface area contributed by atoms with Crippen LogP contribution < -0.4 is 4.90 Å². The van der Waals surface area contributed by atoms with E-state index in [4.69, 9.17) is 5.11 Å². The van der Waals surface area contributed by atoms with Crippen LogP contribution in [-0.2, 0) is 5.33 Å². The number of rotatable bonds is 4. The van der Waals surface area contributed by atoms with Gasteiger partial charge in [0.05, 0.1) is 0 Å². The Labute approximate surface area is 103 Å². The van der Waals surface area contributed by atoms with Gasteiger partial charge in [-0.3, -0.25) is 4.90 Å². The van der Waals surface area contributed by atoms with Gasteiger partial charge in [-0.15, -0.1) is 0 Å². The van der Waals surface area contributed by atoms with Gasteiger partial charge in [0.1, 0.15) is 5.82 Å². The Bertz CT molecular complexity index is 352. The third-order valence-corrected chi connectivity index (χ3v) is 2.67. The summed E-state index contributed by atoms with van der Waals surface area (Å²) < 4.78 is 0. The molecule has 5 heteroatoms. The number of hydrogen-bond acceptors (Lipinski definition) is 2. The fourth-order valence-corrected chi connectivity index (χ4v) is 1.62. The van der Waals surface area contributed by atoms with Gasteiger partial charge in [0.2, 0.25) is 0 Å². The Morgan fingerprint density at radius 3 is 2.62 bits per heavy atom. The van der Waals surface area contributed by atoms with E-state index in [0.717, 1.165) is 10.9 Å². The molecule has 0 spiro atoms. The third-order valence-electron chi connectivity index (χ3n) is 2.02. The van der Waals surface area contributed by atoms with E-state index in [-0.39, 0.29) is 5.92 Å². The van der Waals surface area contributed by atoms with E-state index in [1.807, 2.05) is 19.9 Å². The van der Waals surface area contributed by atoms with E-state index in [0.29, 0.717) is 12.4 Å². The summed E-state index contributed by atoms with van der Waals surface area (Å²) in [7, 11) is 0. The van der Waals surface area contributed by atoms with Gasteiger partial charge in [0, 0.05) is 18.1 Å². The molecular weight excluding hydrogens is 272 g/mol. The molecule has 1 amide bonds. The quantitative estimate of drug-likeness (QED) is 0.866. The summed E-state index contributed by atoms with van der Waals surface area (Å²) >= 11 is 3.32. The van der Waals surface area contributed by atoms with Crippen molar-refractivity contribution in [1.82, 2.24) is 4.98 Å². The SMILES string of the molecule is CC(C)CN(C(=O)O)c1ccc(CBr)cn1. The van der Waals surface area contributed by atoms with Crippen molar-refractivity contribution in [3.05, 3.63) is 23.9 Å². The maximum absolute atomic E-state index is 11.1. The van der Waals surface area contributed by atoms with Gasteiger partial charge in [0.25, 0.3) is 0 Å². The average molecular weight is 287 g/mol. The summed E-state index contributed by atoms with van der Waals surface area (Å²) in [4.78, 5) is 16.5. The van der Waals surface area contributed by atoms with E-state index < -0.39 is 6.09 Å². The first-order chi connectivity index (χ1) is 7.54. The molecule has 1 aromatic heterocycles. The number of halogens is 1. The van der Waals surface area contributed by atoms with Crippen LogP contribution in [-0.4, -0.2) is 22.7 Å². The number of alkyl halides is 1. The van der Waals surface area contributed by atoms with E-state index in [1.165, 1.54) is 4.90 Å². The fraction of sp³-hybridized carbons (Fsp3) is 0.455. The lowest BCUT2D eigenvalue weighted by molar-refractivity contribution is 0.200. The van der Waals surface area contributed by atoms with Crippen LogP contribution in [0.4, 0.5) is 10.6 Å². The zero-order valence-electron chi connectivity index (χ0n) is 9.35. The second-order valence-corrected chi connectivity index (χ2v) is 4.51. The maximum Gasteiger partial charge on any atom is 0.413 e. The summed E-state index contributed by atoms with van der Waals surface area (Å²) in [6.07, 6.45) is 0.716. The van der Waals surface area contributed by atoms with Gasteiger partial charge in [-0.1, -0.05) is 35.8 Å². The molecule has 0 atom stereocenters. The lowest BCUT2D eigenvalue weighted by atomic mass is 10.2. The number of nitrogens with zero attached hydrogens (tertiary/aromatic N) is 2. The summed E-state index contributed by atoms with van der Waals surface area (Å²) in [6, 6.07) is 3.60.